The van der Waals surface area contributed by atoms with Crippen molar-refractivity contribution < 1.29 is 14.3 Å². The third kappa shape index (κ3) is 6.18. The number of ether oxygens (including phenoxy) is 2. The standard InChI is InChI=1S/C15H21NO3/c1-12(2)10-19-8-7-16-15(17)14-6-4-5-13(9-14)11-18-3/h4-6,9H,1,7-8,10-11H2,2-3H3,(H,16,17). The molecule has 1 aromatic rings. The van der Waals surface area contributed by atoms with Gasteiger partial charge in [-0.3, -0.25) is 4.79 Å². The molecule has 4 heteroatoms. The zero-order valence-electron chi connectivity index (χ0n) is 11.6. The minimum atomic E-state index is -0.100. The molecule has 0 fully saturated rings. The van der Waals surface area contributed by atoms with Gasteiger partial charge in [0.1, 0.15) is 0 Å². The van der Waals surface area contributed by atoms with Crippen molar-refractivity contribution in [1.82, 2.24) is 5.32 Å². The number of hydrogen-bond donors (Lipinski definition) is 1. The second kappa shape index (κ2) is 8.45. The Bertz CT molecular complexity index is 429. The summed E-state index contributed by atoms with van der Waals surface area (Å²) in [6.45, 7) is 7.64. The molecule has 0 spiro atoms. The number of hydrogen-bond acceptors (Lipinski definition) is 3. The topological polar surface area (TPSA) is 47.6 Å². The predicted molar refractivity (Wildman–Crippen MR) is 75.1 cm³/mol. The maximum absolute atomic E-state index is 11.9. The zero-order valence-corrected chi connectivity index (χ0v) is 11.6. The van der Waals surface area contributed by atoms with E-state index in [1.165, 1.54) is 0 Å². The molecule has 0 heterocycles. The van der Waals surface area contributed by atoms with E-state index in [1.54, 1.807) is 13.2 Å². The Labute approximate surface area is 114 Å². The van der Waals surface area contributed by atoms with Crippen molar-refractivity contribution in [2.75, 3.05) is 26.9 Å². The fourth-order valence-electron chi connectivity index (χ4n) is 1.55. The molecule has 104 valence electrons. The summed E-state index contributed by atoms with van der Waals surface area (Å²) in [5.74, 6) is -0.100. The number of amides is 1. The molecule has 1 N–H and O–H groups in total. The Morgan fingerprint density at radius 1 is 1.42 bits per heavy atom. The molecule has 1 aromatic carbocycles. The van der Waals surface area contributed by atoms with E-state index in [0.717, 1.165) is 11.1 Å². The van der Waals surface area contributed by atoms with E-state index in [0.29, 0.717) is 31.9 Å². The summed E-state index contributed by atoms with van der Waals surface area (Å²) in [4.78, 5) is 11.9. The van der Waals surface area contributed by atoms with Gasteiger partial charge >= 0.3 is 0 Å². The van der Waals surface area contributed by atoms with Gasteiger partial charge in [-0.25, -0.2) is 0 Å². The molecular weight excluding hydrogens is 242 g/mol. The minimum absolute atomic E-state index is 0.100. The number of carbonyl (C=O) groups excluding carboxylic acids is 1. The molecule has 0 aliphatic rings. The number of methoxy groups -OCH3 is 1. The molecule has 0 aliphatic heterocycles. The summed E-state index contributed by atoms with van der Waals surface area (Å²) in [5, 5.41) is 2.81. The molecule has 4 nitrogen and oxygen atoms in total. The van der Waals surface area contributed by atoms with E-state index in [1.807, 2.05) is 25.1 Å². The smallest absolute Gasteiger partial charge is 0.251 e. The molecule has 0 unspecified atom stereocenters. The van der Waals surface area contributed by atoms with Crippen LogP contribution in [0.15, 0.2) is 36.4 Å². The highest BCUT2D eigenvalue weighted by Gasteiger charge is 2.05. The Hall–Kier alpha value is -1.65. The fraction of sp³-hybridized carbons (Fsp3) is 0.400. The maximum atomic E-state index is 11.9. The molecule has 0 saturated carbocycles. The first-order valence-electron chi connectivity index (χ1n) is 6.21. The van der Waals surface area contributed by atoms with Gasteiger partial charge in [0.05, 0.1) is 19.8 Å². The summed E-state index contributed by atoms with van der Waals surface area (Å²) in [6.07, 6.45) is 0. The highest BCUT2D eigenvalue weighted by molar-refractivity contribution is 5.94. The van der Waals surface area contributed by atoms with Gasteiger partial charge in [0.25, 0.3) is 5.91 Å². The van der Waals surface area contributed by atoms with Crippen LogP contribution in [0.1, 0.15) is 22.8 Å². The lowest BCUT2D eigenvalue weighted by molar-refractivity contribution is 0.0926. The van der Waals surface area contributed by atoms with Crippen molar-refractivity contribution in [3.05, 3.63) is 47.5 Å². The van der Waals surface area contributed by atoms with E-state index >= 15 is 0 Å². The second-order valence-corrected chi connectivity index (χ2v) is 4.40. The lowest BCUT2D eigenvalue weighted by Crippen LogP contribution is -2.27. The van der Waals surface area contributed by atoms with Crippen LogP contribution < -0.4 is 5.32 Å². The summed E-state index contributed by atoms with van der Waals surface area (Å²) in [6, 6.07) is 7.38. The zero-order chi connectivity index (χ0) is 14.1. The summed E-state index contributed by atoms with van der Waals surface area (Å²) in [5.41, 5.74) is 2.58. The normalized spacial score (nSPS) is 10.2. The van der Waals surface area contributed by atoms with E-state index in [4.69, 9.17) is 9.47 Å². The van der Waals surface area contributed by atoms with Crippen LogP contribution in [0.3, 0.4) is 0 Å². The molecule has 0 radical (unpaired) electrons. The van der Waals surface area contributed by atoms with Gasteiger partial charge in [-0.05, 0) is 24.6 Å². The first-order chi connectivity index (χ1) is 9.13. The number of carbonyl (C=O) groups is 1. The maximum Gasteiger partial charge on any atom is 0.251 e. The average Bonchev–Trinajstić information content (AvgIpc) is 2.38. The van der Waals surface area contributed by atoms with Crippen molar-refractivity contribution in [3.8, 4) is 0 Å². The summed E-state index contributed by atoms with van der Waals surface area (Å²) in [7, 11) is 1.63. The molecular formula is C15H21NO3. The Kier molecular flexibility index (Phi) is 6.85. The lowest BCUT2D eigenvalue weighted by atomic mass is 10.1. The highest BCUT2D eigenvalue weighted by Crippen LogP contribution is 2.06. The molecule has 1 rings (SSSR count). The van der Waals surface area contributed by atoms with Gasteiger partial charge in [-0.1, -0.05) is 24.3 Å². The van der Waals surface area contributed by atoms with Crippen molar-refractivity contribution in [3.63, 3.8) is 0 Å². The lowest BCUT2D eigenvalue weighted by Gasteiger charge is -2.07. The van der Waals surface area contributed by atoms with Gasteiger partial charge in [-0.15, -0.1) is 0 Å². The van der Waals surface area contributed by atoms with Crippen LogP contribution in [-0.4, -0.2) is 32.8 Å². The quantitative estimate of drug-likeness (QED) is 0.577. The number of rotatable bonds is 8. The van der Waals surface area contributed by atoms with Crippen molar-refractivity contribution in [2.24, 2.45) is 0 Å². The van der Waals surface area contributed by atoms with Gasteiger partial charge in [0.15, 0.2) is 0 Å². The van der Waals surface area contributed by atoms with Crippen LogP contribution in [0.4, 0.5) is 0 Å². The van der Waals surface area contributed by atoms with Gasteiger partial charge in [0, 0.05) is 19.2 Å². The van der Waals surface area contributed by atoms with E-state index < -0.39 is 0 Å². The van der Waals surface area contributed by atoms with Crippen molar-refractivity contribution in [1.29, 1.82) is 0 Å². The van der Waals surface area contributed by atoms with Gasteiger partial charge in [0.2, 0.25) is 0 Å². The Morgan fingerprint density at radius 2 is 2.21 bits per heavy atom. The molecule has 1 amide bonds. The first-order valence-corrected chi connectivity index (χ1v) is 6.21. The Morgan fingerprint density at radius 3 is 2.89 bits per heavy atom. The third-order valence-corrected chi connectivity index (χ3v) is 2.38. The number of benzene rings is 1. The van der Waals surface area contributed by atoms with Gasteiger partial charge < -0.3 is 14.8 Å². The molecule has 0 atom stereocenters. The second-order valence-electron chi connectivity index (χ2n) is 4.40. The van der Waals surface area contributed by atoms with Gasteiger partial charge in [-0.2, -0.15) is 0 Å². The predicted octanol–water partition coefficient (Wildman–Crippen LogP) is 2.16. The van der Waals surface area contributed by atoms with Crippen LogP contribution in [0.2, 0.25) is 0 Å². The summed E-state index contributed by atoms with van der Waals surface area (Å²) < 4.78 is 10.3. The van der Waals surface area contributed by atoms with E-state index in [-0.39, 0.29) is 5.91 Å². The molecule has 0 aliphatic carbocycles. The van der Waals surface area contributed by atoms with Crippen LogP contribution >= 0.6 is 0 Å². The van der Waals surface area contributed by atoms with E-state index in [9.17, 15) is 4.79 Å². The molecule has 0 bridgehead atoms. The Balaban J connectivity index is 2.36. The fourth-order valence-corrected chi connectivity index (χ4v) is 1.55. The largest absolute Gasteiger partial charge is 0.380 e. The summed E-state index contributed by atoms with van der Waals surface area (Å²) >= 11 is 0. The van der Waals surface area contributed by atoms with Crippen LogP contribution in [0.25, 0.3) is 0 Å². The van der Waals surface area contributed by atoms with Crippen LogP contribution in [0, 0.1) is 0 Å². The highest BCUT2D eigenvalue weighted by atomic mass is 16.5. The number of nitrogens with one attached hydrogen (secondary N) is 1. The van der Waals surface area contributed by atoms with Crippen LogP contribution in [-0.2, 0) is 16.1 Å². The van der Waals surface area contributed by atoms with Crippen LogP contribution in [0.5, 0.6) is 0 Å². The van der Waals surface area contributed by atoms with E-state index in [2.05, 4.69) is 11.9 Å². The SMILES string of the molecule is C=C(C)COCCNC(=O)c1cccc(COC)c1. The molecule has 0 saturated heterocycles. The minimum Gasteiger partial charge on any atom is -0.380 e. The monoisotopic (exact) mass is 263 g/mol. The molecule has 19 heavy (non-hydrogen) atoms. The van der Waals surface area contributed by atoms with Crippen molar-refractivity contribution in [2.45, 2.75) is 13.5 Å². The third-order valence-electron chi connectivity index (χ3n) is 2.38. The molecule has 0 aromatic heterocycles. The first kappa shape index (κ1) is 15.4. The average molecular weight is 263 g/mol. The van der Waals surface area contributed by atoms with Crippen molar-refractivity contribution >= 4 is 5.91 Å².